The van der Waals surface area contributed by atoms with Crippen LogP contribution in [0.1, 0.15) is 43.6 Å². The number of aromatic hydroxyl groups is 1. The Bertz CT molecular complexity index is 518. The van der Waals surface area contributed by atoms with Crippen molar-refractivity contribution in [2.24, 2.45) is 0 Å². The number of hydrogen-bond donors (Lipinski definition) is 3. The van der Waals surface area contributed by atoms with Crippen LogP contribution in [0.2, 0.25) is 0 Å². The van der Waals surface area contributed by atoms with E-state index in [0.29, 0.717) is 11.1 Å². The van der Waals surface area contributed by atoms with Crippen LogP contribution in [-0.2, 0) is 4.79 Å². The van der Waals surface area contributed by atoms with Crippen molar-refractivity contribution in [3.63, 3.8) is 0 Å². The Balaban J connectivity index is 2.70. The van der Waals surface area contributed by atoms with Crippen LogP contribution in [0, 0.1) is 6.92 Å². The lowest BCUT2D eigenvalue weighted by atomic mass is 10.1. The summed E-state index contributed by atoms with van der Waals surface area (Å²) in [6.45, 7) is 8.98. The number of phenols is 1. The molecule has 0 heterocycles. The van der Waals surface area contributed by atoms with Gasteiger partial charge in [-0.05, 0) is 52.3 Å². The number of phenolic OH excluding ortho intramolecular Hbond substituents is 1. The Hall–Kier alpha value is -2.04. The van der Waals surface area contributed by atoms with Crippen LogP contribution in [0.15, 0.2) is 18.2 Å². The van der Waals surface area contributed by atoms with Crippen molar-refractivity contribution in [2.75, 3.05) is 0 Å². The van der Waals surface area contributed by atoms with Crippen LogP contribution < -0.4 is 10.6 Å². The highest BCUT2D eigenvalue weighted by Crippen LogP contribution is 2.17. The summed E-state index contributed by atoms with van der Waals surface area (Å²) < 4.78 is 0. The maximum Gasteiger partial charge on any atom is 0.252 e. The van der Waals surface area contributed by atoms with Crippen molar-refractivity contribution in [2.45, 2.75) is 46.2 Å². The van der Waals surface area contributed by atoms with Crippen LogP contribution in [0.3, 0.4) is 0 Å². The molecule has 0 aromatic heterocycles. The van der Waals surface area contributed by atoms with Crippen LogP contribution >= 0.6 is 0 Å². The van der Waals surface area contributed by atoms with E-state index in [9.17, 15) is 14.7 Å². The molecule has 0 aliphatic rings. The number of rotatable bonds is 3. The third kappa shape index (κ3) is 4.57. The minimum absolute atomic E-state index is 0.0597. The largest absolute Gasteiger partial charge is 0.508 e. The lowest BCUT2D eigenvalue weighted by Crippen LogP contribution is -2.50. The van der Waals surface area contributed by atoms with Gasteiger partial charge in [0.1, 0.15) is 11.8 Å². The molecule has 1 rings (SSSR count). The molecule has 1 atom stereocenters. The van der Waals surface area contributed by atoms with Gasteiger partial charge in [0.05, 0.1) is 0 Å². The molecule has 0 aliphatic carbocycles. The highest BCUT2D eigenvalue weighted by atomic mass is 16.3. The minimum atomic E-state index is -0.648. The highest BCUT2D eigenvalue weighted by molar-refractivity contribution is 5.97. The lowest BCUT2D eigenvalue weighted by Gasteiger charge is -2.23. The number of carbonyl (C=O) groups is 2. The SMILES string of the molecule is Cc1ccc(C(=O)NC(C)C(=O)NC(C)(C)C)cc1O. The van der Waals surface area contributed by atoms with E-state index >= 15 is 0 Å². The molecule has 20 heavy (non-hydrogen) atoms. The molecule has 3 N–H and O–H groups in total. The van der Waals surface area contributed by atoms with Gasteiger partial charge in [0.15, 0.2) is 0 Å². The van der Waals surface area contributed by atoms with E-state index in [1.54, 1.807) is 26.0 Å². The normalized spacial score (nSPS) is 12.7. The van der Waals surface area contributed by atoms with E-state index in [1.165, 1.54) is 6.07 Å². The fourth-order valence-electron chi connectivity index (χ4n) is 1.57. The summed E-state index contributed by atoms with van der Waals surface area (Å²) in [7, 11) is 0. The number of benzene rings is 1. The Morgan fingerprint density at radius 3 is 2.35 bits per heavy atom. The molecule has 0 saturated carbocycles. The Labute approximate surface area is 119 Å². The molecule has 0 fully saturated rings. The van der Waals surface area contributed by atoms with Gasteiger partial charge in [0, 0.05) is 11.1 Å². The molecule has 110 valence electrons. The molecule has 0 radical (unpaired) electrons. The highest BCUT2D eigenvalue weighted by Gasteiger charge is 2.21. The fraction of sp³-hybridized carbons (Fsp3) is 0.467. The summed E-state index contributed by atoms with van der Waals surface area (Å²) in [5.41, 5.74) is 0.668. The van der Waals surface area contributed by atoms with E-state index in [-0.39, 0.29) is 17.2 Å². The summed E-state index contributed by atoms with van der Waals surface area (Å²) in [5, 5.41) is 15.0. The molecular weight excluding hydrogens is 256 g/mol. The van der Waals surface area contributed by atoms with Gasteiger partial charge in [-0.25, -0.2) is 0 Å². The molecule has 5 heteroatoms. The number of carbonyl (C=O) groups excluding carboxylic acids is 2. The molecule has 1 unspecified atom stereocenters. The first kappa shape index (κ1) is 16.0. The van der Waals surface area contributed by atoms with E-state index < -0.39 is 11.9 Å². The summed E-state index contributed by atoms with van der Waals surface area (Å²) in [5.74, 6) is -0.580. The second-order valence-electron chi connectivity index (χ2n) is 5.94. The average molecular weight is 278 g/mol. The van der Waals surface area contributed by atoms with Crippen molar-refractivity contribution in [1.29, 1.82) is 0 Å². The third-order valence-corrected chi connectivity index (χ3v) is 2.71. The van der Waals surface area contributed by atoms with E-state index in [0.717, 1.165) is 0 Å². The van der Waals surface area contributed by atoms with E-state index in [2.05, 4.69) is 10.6 Å². The summed E-state index contributed by atoms with van der Waals surface area (Å²) in [6, 6.07) is 4.01. The standard InChI is InChI=1S/C15H22N2O3/c1-9-6-7-11(8-12(9)18)14(20)16-10(2)13(19)17-15(3,4)5/h6-8,10,18H,1-5H3,(H,16,20)(H,17,19). The molecule has 0 saturated heterocycles. The summed E-state index contributed by atoms with van der Waals surface area (Å²) in [6.07, 6.45) is 0. The van der Waals surface area contributed by atoms with Crippen LogP contribution in [0.25, 0.3) is 0 Å². The number of hydrogen-bond acceptors (Lipinski definition) is 3. The van der Waals surface area contributed by atoms with Crippen molar-refractivity contribution in [3.8, 4) is 5.75 Å². The molecule has 0 spiro atoms. The zero-order chi connectivity index (χ0) is 15.5. The van der Waals surface area contributed by atoms with Gasteiger partial charge in [-0.2, -0.15) is 0 Å². The molecular formula is C15H22N2O3. The molecule has 1 aromatic carbocycles. The zero-order valence-corrected chi connectivity index (χ0v) is 12.6. The predicted octanol–water partition coefficient (Wildman–Crippen LogP) is 1.73. The van der Waals surface area contributed by atoms with E-state index in [4.69, 9.17) is 0 Å². The van der Waals surface area contributed by atoms with Gasteiger partial charge < -0.3 is 15.7 Å². The maximum atomic E-state index is 12.0. The van der Waals surface area contributed by atoms with Gasteiger partial charge in [-0.1, -0.05) is 6.07 Å². The topological polar surface area (TPSA) is 78.4 Å². The summed E-state index contributed by atoms with van der Waals surface area (Å²) >= 11 is 0. The molecule has 0 aliphatic heterocycles. The number of nitrogens with one attached hydrogen (secondary N) is 2. The Morgan fingerprint density at radius 1 is 1.25 bits per heavy atom. The lowest BCUT2D eigenvalue weighted by molar-refractivity contribution is -0.124. The zero-order valence-electron chi connectivity index (χ0n) is 12.6. The second-order valence-corrected chi connectivity index (χ2v) is 5.94. The first-order valence-electron chi connectivity index (χ1n) is 6.52. The van der Waals surface area contributed by atoms with Crippen molar-refractivity contribution >= 4 is 11.8 Å². The van der Waals surface area contributed by atoms with Gasteiger partial charge in [-0.15, -0.1) is 0 Å². The Kier molecular flexibility index (Phi) is 4.76. The summed E-state index contributed by atoms with van der Waals surface area (Å²) in [4.78, 5) is 23.9. The minimum Gasteiger partial charge on any atom is -0.508 e. The van der Waals surface area contributed by atoms with E-state index in [1.807, 2.05) is 20.8 Å². The monoisotopic (exact) mass is 278 g/mol. The molecule has 1 aromatic rings. The first-order chi connectivity index (χ1) is 9.10. The average Bonchev–Trinajstić information content (AvgIpc) is 2.30. The van der Waals surface area contributed by atoms with Gasteiger partial charge >= 0.3 is 0 Å². The van der Waals surface area contributed by atoms with Crippen LogP contribution in [0.5, 0.6) is 5.75 Å². The fourth-order valence-corrected chi connectivity index (χ4v) is 1.57. The Morgan fingerprint density at radius 2 is 1.85 bits per heavy atom. The third-order valence-electron chi connectivity index (χ3n) is 2.71. The predicted molar refractivity (Wildman–Crippen MR) is 77.7 cm³/mol. The number of amides is 2. The van der Waals surface area contributed by atoms with Gasteiger partial charge in [-0.3, -0.25) is 9.59 Å². The maximum absolute atomic E-state index is 12.0. The second kappa shape index (κ2) is 5.94. The van der Waals surface area contributed by atoms with Gasteiger partial charge in [0.25, 0.3) is 5.91 Å². The van der Waals surface area contributed by atoms with Crippen molar-refractivity contribution in [3.05, 3.63) is 29.3 Å². The van der Waals surface area contributed by atoms with Crippen molar-refractivity contribution < 1.29 is 14.7 Å². The first-order valence-corrected chi connectivity index (χ1v) is 6.52. The quantitative estimate of drug-likeness (QED) is 0.788. The number of aryl methyl sites for hydroxylation is 1. The molecule has 2 amide bonds. The molecule has 5 nitrogen and oxygen atoms in total. The van der Waals surface area contributed by atoms with Crippen LogP contribution in [0.4, 0.5) is 0 Å². The van der Waals surface area contributed by atoms with Crippen LogP contribution in [-0.4, -0.2) is 28.5 Å². The smallest absolute Gasteiger partial charge is 0.252 e. The van der Waals surface area contributed by atoms with Crippen molar-refractivity contribution in [1.82, 2.24) is 10.6 Å². The van der Waals surface area contributed by atoms with Gasteiger partial charge in [0.2, 0.25) is 5.91 Å². The molecule has 0 bridgehead atoms.